The standard InChI is InChI=1S/C13H21BrN2S/c1-13(2,3)17-9-12(15-4)7-11-6-5-10(14)8-16-11/h5-6,8,12,15H,7,9H2,1-4H3. The van der Waals surface area contributed by atoms with Gasteiger partial charge < -0.3 is 5.32 Å². The van der Waals surface area contributed by atoms with Gasteiger partial charge in [-0.1, -0.05) is 20.8 Å². The number of hydrogen-bond acceptors (Lipinski definition) is 3. The van der Waals surface area contributed by atoms with Gasteiger partial charge in [0.1, 0.15) is 0 Å². The van der Waals surface area contributed by atoms with Gasteiger partial charge in [0.15, 0.2) is 0 Å². The van der Waals surface area contributed by atoms with Gasteiger partial charge in [-0.25, -0.2) is 0 Å². The molecule has 17 heavy (non-hydrogen) atoms. The largest absolute Gasteiger partial charge is 0.316 e. The minimum atomic E-state index is 0.322. The molecule has 0 radical (unpaired) electrons. The van der Waals surface area contributed by atoms with Crippen LogP contribution in [0.1, 0.15) is 26.5 Å². The molecule has 0 aliphatic carbocycles. The molecule has 0 saturated heterocycles. The molecular weight excluding hydrogens is 296 g/mol. The number of aromatic nitrogens is 1. The van der Waals surface area contributed by atoms with Crippen molar-refractivity contribution in [2.24, 2.45) is 0 Å². The Morgan fingerprint density at radius 1 is 1.41 bits per heavy atom. The number of hydrogen-bond donors (Lipinski definition) is 1. The lowest BCUT2D eigenvalue weighted by molar-refractivity contribution is 0.606. The van der Waals surface area contributed by atoms with Crippen LogP contribution < -0.4 is 5.32 Å². The highest BCUT2D eigenvalue weighted by Gasteiger charge is 2.15. The summed E-state index contributed by atoms with van der Waals surface area (Å²) < 4.78 is 1.36. The number of likely N-dealkylation sites (N-methyl/N-ethyl adjacent to an activating group) is 1. The van der Waals surface area contributed by atoms with Gasteiger partial charge in [-0.2, -0.15) is 11.8 Å². The minimum absolute atomic E-state index is 0.322. The van der Waals surface area contributed by atoms with Crippen LogP contribution in [0.5, 0.6) is 0 Å². The van der Waals surface area contributed by atoms with Crippen molar-refractivity contribution < 1.29 is 0 Å². The number of nitrogens with zero attached hydrogens (tertiary/aromatic N) is 1. The summed E-state index contributed by atoms with van der Waals surface area (Å²) in [6.45, 7) is 6.76. The van der Waals surface area contributed by atoms with Gasteiger partial charge >= 0.3 is 0 Å². The maximum atomic E-state index is 4.41. The van der Waals surface area contributed by atoms with Crippen LogP contribution in [0.4, 0.5) is 0 Å². The van der Waals surface area contributed by atoms with E-state index in [4.69, 9.17) is 0 Å². The Kier molecular flexibility index (Phi) is 5.97. The van der Waals surface area contributed by atoms with Gasteiger partial charge in [-0.05, 0) is 35.1 Å². The summed E-state index contributed by atoms with van der Waals surface area (Å²) in [7, 11) is 2.02. The van der Waals surface area contributed by atoms with E-state index < -0.39 is 0 Å². The van der Waals surface area contributed by atoms with Gasteiger partial charge in [0, 0.05) is 39.3 Å². The Morgan fingerprint density at radius 2 is 2.12 bits per heavy atom. The molecule has 1 rings (SSSR count). The van der Waals surface area contributed by atoms with Gasteiger partial charge in [0.25, 0.3) is 0 Å². The monoisotopic (exact) mass is 316 g/mol. The van der Waals surface area contributed by atoms with E-state index in [1.165, 1.54) is 0 Å². The Labute approximate surface area is 117 Å². The smallest absolute Gasteiger partial charge is 0.0420 e. The Hall–Kier alpha value is -0.0600. The lowest BCUT2D eigenvalue weighted by Crippen LogP contribution is -2.32. The minimum Gasteiger partial charge on any atom is -0.316 e. The molecule has 1 aromatic rings. The van der Waals surface area contributed by atoms with Crippen LogP contribution in [0, 0.1) is 0 Å². The van der Waals surface area contributed by atoms with E-state index in [9.17, 15) is 0 Å². The second-order valence-electron chi connectivity index (χ2n) is 5.08. The Balaban J connectivity index is 2.49. The molecule has 0 amide bonds. The molecule has 1 unspecified atom stereocenters. The highest BCUT2D eigenvalue weighted by Crippen LogP contribution is 2.24. The lowest BCUT2D eigenvalue weighted by Gasteiger charge is -2.22. The molecule has 0 saturated carbocycles. The van der Waals surface area contributed by atoms with Crippen molar-refractivity contribution in [2.75, 3.05) is 12.8 Å². The number of pyridine rings is 1. The first kappa shape index (κ1) is 15.0. The summed E-state index contributed by atoms with van der Waals surface area (Å²) in [5.41, 5.74) is 1.14. The summed E-state index contributed by atoms with van der Waals surface area (Å²) in [6.07, 6.45) is 2.84. The summed E-state index contributed by atoms with van der Waals surface area (Å²) in [5.74, 6) is 1.11. The van der Waals surface area contributed by atoms with Crippen LogP contribution >= 0.6 is 27.7 Å². The third kappa shape index (κ3) is 6.43. The summed E-state index contributed by atoms with van der Waals surface area (Å²) in [4.78, 5) is 4.41. The van der Waals surface area contributed by atoms with Crippen LogP contribution in [-0.4, -0.2) is 28.6 Å². The quantitative estimate of drug-likeness (QED) is 0.900. The summed E-state index contributed by atoms with van der Waals surface area (Å²) >= 11 is 5.39. The van der Waals surface area contributed by atoms with Crippen molar-refractivity contribution in [1.29, 1.82) is 0 Å². The van der Waals surface area contributed by atoms with Crippen molar-refractivity contribution in [1.82, 2.24) is 10.3 Å². The van der Waals surface area contributed by atoms with Crippen LogP contribution in [0.3, 0.4) is 0 Å². The van der Waals surface area contributed by atoms with Gasteiger partial charge in [0.2, 0.25) is 0 Å². The first-order chi connectivity index (χ1) is 7.90. The molecule has 0 fully saturated rings. The summed E-state index contributed by atoms with van der Waals surface area (Å²) in [5, 5.41) is 3.37. The van der Waals surface area contributed by atoms with E-state index in [0.29, 0.717) is 10.8 Å². The molecular formula is C13H21BrN2S. The van der Waals surface area contributed by atoms with Gasteiger partial charge in [0.05, 0.1) is 0 Å². The van der Waals surface area contributed by atoms with Crippen molar-refractivity contribution in [2.45, 2.75) is 38.0 Å². The lowest BCUT2D eigenvalue weighted by atomic mass is 10.2. The second-order valence-corrected chi connectivity index (χ2v) is 7.84. The first-order valence-corrected chi connectivity index (χ1v) is 7.60. The number of nitrogens with one attached hydrogen (secondary N) is 1. The molecule has 1 atom stereocenters. The zero-order valence-electron chi connectivity index (χ0n) is 11.0. The fraction of sp³-hybridized carbons (Fsp3) is 0.615. The number of halogens is 1. The van der Waals surface area contributed by atoms with Crippen molar-refractivity contribution in [3.8, 4) is 0 Å². The molecule has 1 N–H and O–H groups in total. The number of thioether (sulfide) groups is 1. The zero-order chi connectivity index (χ0) is 12.9. The van der Waals surface area contributed by atoms with Crippen LogP contribution in [0.25, 0.3) is 0 Å². The van der Waals surface area contributed by atoms with E-state index in [0.717, 1.165) is 22.3 Å². The van der Waals surface area contributed by atoms with Crippen molar-refractivity contribution >= 4 is 27.7 Å². The second kappa shape index (κ2) is 6.76. The maximum absolute atomic E-state index is 4.41. The van der Waals surface area contributed by atoms with E-state index in [1.807, 2.05) is 31.1 Å². The topological polar surface area (TPSA) is 24.9 Å². The Morgan fingerprint density at radius 3 is 2.59 bits per heavy atom. The van der Waals surface area contributed by atoms with Crippen molar-refractivity contribution in [3.63, 3.8) is 0 Å². The Bertz CT molecular complexity index is 332. The van der Waals surface area contributed by atoms with Crippen molar-refractivity contribution in [3.05, 3.63) is 28.5 Å². The third-order valence-corrected chi connectivity index (χ3v) is 4.27. The molecule has 4 heteroatoms. The van der Waals surface area contributed by atoms with Gasteiger partial charge in [-0.3, -0.25) is 4.98 Å². The highest BCUT2D eigenvalue weighted by molar-refractivity contribution is 9.10. The van der Waals surface area contributed by atoms with Crippen LogP contribution in [-0.2, 0) is 6.42 Å². The molecule has 0 spiro atoms. The van der Waals surface area contributed by atoms with Gasteiger partial charge in [-0.15, -0.1) is 0 Å². The molecule has 0 aliphatic heterocycles. The molecule has 0 aliphatic rings. The SMILES string of the molecule is CNC(CSC(C)(C)C)Cc1ccc(Br)cn1. The van der Waals surface area contributed by atoms with E-state index in [1.54, 1.807) is 0 Å². The molecule has 96 valence electrons. The molecule has 2 nitrogen and oxygen atoms in total. The van der Waals surface area contributed by atoms with Crippen LogP contribution in [0.2, 0.25) is 0 Å². The molecule has 0 bridgehead atoms. The zero-order valence-corrected chi connectivity index (χ0v) is 13.4. The maximum Gasteiger partial charge on any atom is 0.0420 e. The highest BCUT2D eigenvalue weighted by atomic mass is 79.9. The van der Waals surface area contributed by atoms with E-state index in [2.05, 4.69) is 53.1 Å². The average molecular weight is 317 g/mol. The predicted molar refractivity (Wildman–Crippen MR) is 80.7 cm³/mol. The van der Waals surface area contributed by atoms with E-state index in [-0.39, 0.29) is 0 Å². The van der Waals surface area contributed by atoms with E-state index >= 15 is 0 Å². The fourth-order valence-corrected chi connectivity index (χ4v) is 2.59. The third-order valence-electron chi connectivity index (χ3n) is 2.37. The predicted octanol–water partition coefficient (Wildman–Crippen LogP) is 3.51. The number of rotatable bonds is 5. The molecule has 1 heterocycles. The first-order valence-electron chi connectivity index (χ1n) is 5.82. The normalized spacial score (nSPS) is 13.7. The van der Waals surface area contributed by atoms with Crippen LogP contribution in [0.15, 0.2) is 22.8 Å². The summed E-state index contributed by atoms with van der Waals surface area (Å²) in [6, 6.07) is 4.61. The fourth-order valence-electron chi connectivity index (χ4n) is 1.37. The molecule has 0 aromatic carbocycles. The average Bonchev–Trinajstić information content (AvgIpc) is 2.25. The molecule has 1 aromatic heterocycles.